The molecule has 1 heterocycles. The molecule has 1 saturated heterocycles. The Balaban J connectivity index is 1.93. The van der Waals surface area contributed by atoms with E-state index in [0.717, 1.165) is 6.54 Å². The maximum absolute atomic E-state index is 11.9. The van der Waals surface area contributed by atoms with E-state index in [1.165, 1.54) is 0 Å². The number of nitrogens with one attached hydrogen (secondary N) is 2. The summed E-state index contributed by atoms with van der Waals surface area (Å²) in [5.74, 6) is -0.227. The second-order valence-corrected chi connectivity index (χ2v) is 4.82. The van der Waals surface area contributed by atoms with E-state index in [2.05, 4.69) is 10.6 Å². The number of rotatable bonds is 3. The first-order chi connectivity index (χ1) is 8.68. The molecule has 4 nitrogen and oxygen atoms in total. The van der Waals surface area contributed by atoms with Gasteiger partial charge in [0, 0.05) is 19.1 Å². The third kappa shape index (κ3) is 3.36. The zero-order chi connectivity index (χ0) is 13.0. The highest BCUT2D eigenvalue weighted by molar-refractivity contribution is 6.43. The van der Waals surface area contributed by atoms with Crippen molar-refractivity contribution >= 4 is 29.1 Å². The maximum Gasteiger partial charge on any atom is 0.252 e. The summed E-state index contributed by atoms with van der Waals surface area (Å²) in [6.07, 6.45) is 0. The number of morpholine rings is 1. The lowest BCUT2D eigenvalue weighted by Gasteiger charge is -2.24. The fraction of sp³-hybridized carbons (Fsp3) is 0.417. The van der Waals surface area contributed by atoms with Crippen LogP contribution in [0.3, 0.4) is 0 Å². The van der Waals surface area contributed by atoms with Gasteiger partial charge in [-0.3, -0.25) is 4.79 Å². The van der Waals surface area contributed by atoms with Gasteiger partial charge in [-0.1, -0.05) is 29.3 Å². The Kier molecular flexibility index (Phi) is 4.83. The van der Waals surface area contributed by atoms with Gasteiger partial charge in [0.15, 0.2) is 0 Å². The van der Waals surface area contributed by atoms with Gasteiger partial charge in [0.2, 0.25) is 0 Å². The highest BCUT2D eigenvalue weighted by Crippen LogP contribution is 2.25. The van der Waals surface area contributed by atoms with Gasteiger partial charge in [0.05, 0.1) is 28.8 Å². The Labute approximate surface area is 116 Å². The van der Waals surface area contributed by atoms with Crippen LogP contribution < -0.4 is 10.6 Å². The van der Waals surface area contributed by atoms with E-state index < -0.39 is 0 Å². The third-order valence-corrected chi connectivity index (χ3v) is 3.52. The van der Waals surface area contributed by atoms with Crippen LogP contribution in [0.1, 0.15) is 10.4 Å². The first-order valence-electron chi connectivity index (χ1n) is 5.72. The number of halogens is 2. The number of hydrogen-bond acceptors (Lipinski definition) is 3. The summed E-state index contributed by atoms with van der Waals surface area (Å²) in [6, 6.07) is 5.14. The summed E-state index contributed by atoms with van der Waals surface area (Å²) in [5.41, 5.74) is 0.390. The molecule has 0 spiro atoms. The minimum atomic E-state index is -0.227. The van der Waals surface area contributed by atoms with E-state index in [1.54, 1.807) is 18.2 Å². The van der Waals surface area contributed by atoms with Crippen molar-refractivity contribution in [2.45, 2.75) is 6.04 Å². The average molecular weight is 289 g/mol. The molecule has 6 heteroatoms. The van der Waals surface area contributed by atoms with Crippen molar-refractivity contribution in [1.29, 1.82) is 0 Å². The number of benzene rings is 1. The van der Waals surface area contributed by atoms with Crippen LogP contribution in [0, 0.1) is 0 Å². The number of carbonyl (C=O) groups excluding carboxylic acids is 1. The molecule has 1 unspecified atom stereocenters. The van der Waals surface area contributed by atoms with E-state index in [1.807, 2.05) is 0 Å². The molecule has 0 saturated carbocycles. The first kappa shape index (κ1) is 13.6. The molecule has 18 heavy (non-hydrogen) atoms. The highest BCUT2D eigenvalue weighted by Gasteiger charge is 2.16. The lowest BCUT2D eigenvalue weighted by atomic mass is 10.2. The maximum atomic E-state index is 11.9. The summed E-state index contributed by atoms with van der Waals surface area (Å²) in [5, 5.41) is 6.73. The van der Waals surface area contributed by atoms with Crippen LogP contribution in [0.4, 0.5) is 0 Å². The summed E-state index contributed by atoms with van der Waals surface area (Å²) in [7, 11) is 0. The van der Waals surface area contributed by atoms with Gasteiger partial charge in [0.25, 0.3) is 5.91 Å². The molecule has 0 aromatic heterocycles. The summed E-state index contributed by atoms with van der Waals surface area (Å²) >= 11 is 11.8. The predicted molar refractivity (Wildman–Crippen MR) is 71.4 cm³/mol. The largest absolute Gasteiger partial charge is 0.378 e. The van der Waals surface area contributed by atoms with E-state index in [4.69, 9.17) is 27.9 Å². The van der Waals surface area contributed by atoms with Crippen molar-refractivity contribution in [3.8, 4) is 0 Å². The lowest BCUT2D eigenvalue weighted by Crippen LogP contribution is -2.48. The van der Waals surface area contributed by atoms with Gasteiger partial charge in [-0.15, -0.1) is 0 Å². The first-order valence-corrected chi connectivity index (χ1v) is 6.47. The van der Waals surface area contributed by atoms with Crippen molar-refractivity contribution < 1.29 is 9.53 Å². The Bertz CT molecular complexity index is 434. The van der Waals surface area contributed by atoms with Crippen LogP contribution in [-0.4, -0.2) is 38.3 Å². The number of hydrogen-bond donors (Lipinski definition) is 2. The molecule has 1 aliphatic heterocycles. The van der Waals surface area contributed by atoms with E-state index in [-0.39, 0.29) is 17.0 Å². The highest BCUT2D eigenvalue weighted by atomic mass is 35.5. The van der Waals surface area contributed by atoms with Crippen molar-refractivity contribution in [2.24, 2.45) is 0 Å². The molecule has 1 aromatic rings. The van der Waals surface area contributed by atoms with E-state index in [9.17, 15) is 4.79 Å². The van der Waals surface area contributed by atoms with Gasteiger partial charge in [-0.25, -0.2) is 0 Å². The van der Waals surface area contributed by atoms with Crippen LogP contribution in [0.5, 0.6) is 0 Å². The van der Waals surface area contributed by atoms with Gasteiger partial charge in [-0.05, 0) is 12.1 Å². The monoisotopic (exact) mass is 288 g/mol. The minimum Gasteiger partial charge on any atom is -0.378 e. The van der Waals surface area contributed by atoms with Crippen LogP contribution in [0.2, 0.25) is 10.0 Å². The van der Waals surface area contributed by atoms with Gasteiger partial charge < -0.3 is 15.4 Å². The molecule has 2 rings (SSSR count). The zero-order valence-electron chi connectivity index (χ0n) is 9.71. The quantitative estimate of drug-likeness (QED) is 0.890. The van der Waals surface area contributed by atoms with Gasteiger partial charge in [-0.2, -0.15) is 0 Å². The Hall–Kier alpha value is -0.810. The van der Waals surface area contributed by atoms with E-state index >= 15 is 0 Å². The Morgan fingerprint density at radius 1 is 1.50 bits per heavy atom. The van der Waals surface area contributed by atoms with Gasteiger partial charge >= 0.3 is 0 Å². The SMILES string of the molecule is O=C(NCC1COCCN1)c1cccc(Cl)c1Cl. The van der Waals surface area contributed by atoms with Crippen LogP contribution >= 0.6 is 23.2 Å². The average Bonchev–Trinajstić information content (AvgIpc) is 2.40. The fourth-order valence-electron chi connectivity index (χ4n) is 1.74. The summed E-state index contributed by atoms with van der Waals surface area (Å²) in [4.78, 5) is 11.9. The van der Waals surface area contributed by atoms with E-state index in [0.29, 0.717) is 30.3 Å². The minimum absolute atomic E-state index is 0.139. The summed E-state index contributed by atoms with van der Waals surface area (Å²) < 4.78 is 5.30. The molecule has 1 amide bonds. The number of amides is 1. The predicted octanol–water partition coefficient (Wildman–Crippen LogP) is 1.71. The van der Waals surface area contributed by atoms with Crippen LogP contribution in [-0.2, 0) is 4.74 Å². The second kappa shape index (κ2) is 6.38. The molecule has 1 atom stereocenters. The molecule has 98 valence electrons. The molecule has 0 aliphatic carbocycles. The standard InChI is InChI=1S/C12H14Cl2N2O2/c13-10-3-1-2-9(11(10)14)12(17)16-6-8-7-18-5-4-15-8/h1-3,8,15H,4-7H2,(H,16,17). The van der Waals surface area contributed by atoms with Crippen molar-refractivity contribution in [3.05, 3.63) is 33.8 Å². The zero-order valence-corrected chi connectivity index (χ0v) is 11.2. The summed E-state index contributed by atoms with van der Waals surface area (Å²) in [6.45, 7) is 2.62. The molecule has 1 aromatic carbocycles. The molecular weight excluding hydrogens is 275 g/mol. The number of carbonyl (C=O) groups is 1. The third-order valence-electron chi connectivity index (χ3n) is 2.70. The smallest absolute Gasteiger partial charge is 0.252 e. The Morgan fingerprint density at radius 2 is 2.33 bits per heavy atom. The Morgan fingerprint density at radius 3 is 3.06 bits per heavy atom. The van der Waals surface area contributed by atoms with Gasteiger partial charge in [0.1, 0.15) is 0 Å². The molecular formula is C12H14Cl2N2O2. The van der Waals surface area contributed by atoms with Crippen molar-refractivity contribution in [2.75, 3.05) is 26.3 Å². The lowest BCUT2D eigenvalue weighted by molar-refractivity contribution is 0.0735. The molecule has 0 bridgehead atoms. The van der Waals surface area contributed by atoms with Crippen molar-refractivity contribution in [3.63, 3.8) is 0 Å². The van der Waals surface area contributed by atoms with Crippen molar-refractivity contribution in [1.82, 2.24) is 10.6 Å². The fourth-order valence-corrected chi connectivity index (χ4v) is 2.13. The molecule has 0 radical (unpaired) electrons. The normalized spacial score (nSPS) is 19.6. The topological polar surface area (TPSA) is 50.4 Å². The molecule has 2 N–H and O–H groups in total. The second-order valence-electron chi connectivity index (χ2n) is 4.04. The molecule has 1 fully saturated rings. The van der Waals surface area contributed by atoms with Crippen LogP contribution in [0.25, 0.3) is 0 Å². The number of ether oxygens (including phenoxy) is 1. The van der Waals surface area contributed by atoms with Crippen LogP contribution in [0.15, 0.2) is 18.2 Å². The molecule has 1 aliphatic rings.